The van der Waals surface area contributed by atoms with Gasteiger partial charge >= 0.3 is 0 Å². The first-order valence-electron chi connectivity index (χ1n) is 9.96. The highest BCUT2D eigenvalue weighted by Crippen LogP contribution is 2.27. The number of amides is 1. The van der Waals surface area contributed by atoms with E-state index in [0.29, 0.717) is 23.7 Å². The number of hydrogen-bond acceptors (Lipinski definition) is 3. The van der Waals surface area contributed by atoms with Crippen LogP contribution in [0, 0.1) is 0 Å². The number of anilines is 1. The number of carbonyl (C=O) groups excluding carboxylic acids is 1. The minimum Gasteiger partial charge on any atom is -0.497 e. The van der Waals surface area contributed by atoms with E-state index in [9.17, 15) is 4.79 Å². The molecule has 0 unspecified atom stereocenters. The minimum absolute atomic E-state index is 0.0684. The molecule has 31 heavy (non-hydrogen) atoms. The third kappa shape index (κ3) is 5.13. The number of hydrogen-bond donors (Lipinski definition) is 1. The molecule has 0 radical (unpaired) electrons. The van der Waals surface area contributed by atoms with Crippen LogP contribution in [0.1, 0.15) is 12.0 Å². The second-order valence-electron chi connectivity index (χ2n) is 7.07. The van der Waals surface area contributed by atoms with E-state index in [1.807, 2.05) is 84.9 Å². The number of aromatic nitrogens is 2. The van der Waals surface area contributed by atoms with E-state index in [-0.39, 0.29) is 5.91 Å². The Kier molecular flexibility index (Phi) is 6.34. The fraction of sp³-hybridized carbons (Fsp3) is 0.120. The molecule has 4 aromatic rings. The molecule has 0 aliphatic heterocycles. The molecule has 6 heteroatoms. The Labute approximate surface area is 186 Å². The Morgan fingerprint density at radius 1 is 1.00 bits per heavy atom. The molecule has 0 bridgehead atoms. The molecule has 4 rings (SSSR count). The minimum atomic E-state index is -0.0684. The normalized spacial score (nSPS) is 10.6. The van der Waals surface area contributed by atoms with E-state index >= 15 is 0 Å². The lowest BCUT2D eigenvalue weighted by Gasteiger charge is -2.09. The fourth-order valence-corrected chi connectivity index (χ4v) is 3.39. The van der Waals surface area contributed by atoms with Gasteiger partial charge in [-0.3, -0.25) is 4.79 Å². The van der Waals surface area contributed by atoms with Crippen LogP contribution in [0.2, 0.25) is 5.02 Å². The van der Waals surface area contributed by atoms with E-state index in [4.69, 9.17) is 21.4 Å². The molecule has 0 saturated heterocycles. The monoisotopic (exact) mass is 431 g/mol. The molecule has 5 nitrogen and oxygen atoms in total. The summed E-state index contributed by atoms with van der Waals surface area (Å²) in [4.78, 5) is 12.7. The second kappa shape index (κ2) is 9.49. The molecule has 156 valence electrons. The number of carbonyl (C=O) groups is 1. The average Bonchev–Trinajstić information content (AvgIpc) is 3.22. The molecule has 0 saturated carbocycles. The van der Waals surface area contributed by atoms with Crippen molar-refractivity contribution in [3.63, 3.8) is 0 Å². The zero-order valence-electron chi connectivity index (χ0n) is 17.1. The van der Waals surface area contributed by atoms with Crippen molar-refractivity contribution >= 4 is 23.3 Å². The number of ether oxygens (including phenoxy) is 1. The highest BCUT2D eigenvalue weighted by molar-refractivity contribution is 6.30. The van der Waals surface area contributed by atoms with Crippen molar-refractivity contribution in [1.82, 2.24) is 9.78 Å². The zero-order valence-corrected chi connectivity index (χ0v) is 17.8. The van der Waals surface area contributed by atoms with Crippen LogP contribution >= 0.6 is 11.6 Å². The lowest BCUT2D eigenvalue weighted by Crippen LogP contribution is -2.15. The summed E-state index contributed by atoms with van der Waals surface area (Å²) in [5.74, 6) is 1.29. The summed E-state index contributed by atoms with van der Waals surface area (Å²) < 4.78 is 6.97. The van der Waals surface area contributed by atoms with E-state index in [1.54, 1.807) is 11.8 Å². The molecule has 0 aliphatic rings. The summed E-state index contributed by atoms with van der Waals surface area (Å²) in [6.07, 6.45) is 1.06. The number of aryl methyl sites for hydroxylation is 1. The van der Waals surface area contributed by atoms with Crippen LogP contribution in [0.15, 0.2) is 84.9 Å². The number of nitrogens with one attached hydrogen (secondary N) is 1. The van der Waals surface area contributed by atoms with Gasteiger partial charge in [0.15, 0.2) is 0 Å². The number of rotatable bonds is 7. The van der Waals surface area contributed by atoms with Crippen molar-refractivity contribution in [2.45, 2.75) is 12.8 Å². The third-order valence-corrected chi connectivity index (χ3v) is 5.17. The summed E-state index contributed by atoms with van der Waals surface area (Å²) in [5.41, 5.74) is 3.60. The Hall–Kier alpha value is -3.57. The summed E-state index contributed by atoms with van der Waals surface area (Å²) in [7, 11) is 1.62. The predicted octanol–water partition coefficient (Wildman–Crippen LogP) is 5.77. The van der Waals surface area contributed by atoms with Crippen molar-refractivity contribution in [2.24, 2.45) is 0 Å². The first kappa shape index (κ1) is 20.7. The maximum atomic E-state index is 12.7. The first-order chi connectivity index (χ1) is 15.1. The van der Waals surface area contributed by atoms with E-state index in [0.717, 1.165) is 28.3 Å². The van der Waals surface area contributed by atoms with Gasteiger partial charge in [-0.2, -0.15) is 5.10 Å². The molecule has 3 aromatic carbocycles. The fourth-order valence-electron chi connectivity index (χ4n) is 3.26. The Balaban J connectivity index is 1.60. The highest BCUT2D eigenvalue weighted by Gasteiger charge is 2.14. The maximum absolute atomic E-state index is 12.7. The lowest BCUT2D eigenvalue weighted by atomic mass is 10.1. The quantitative estimate of drug-likeness (QED) is 0.404. The van der Waals surface area contributed by atoms with Gasteiger partial charge in [0.2, 0.25) is 5.91 Å². The van der Waals surface area contributed by atoms with Gasteiger partial charge in [0.05, 0.1) is 18.5 Å². The van der Waals surface area contributed by atoms with Crippen molar-refractivity contribution < 1.29 is 9.53 Å². The van der Waals surface area contributed by atoms with Gasteiger partial charge < -0.3 is 10.1 Å². The summed E-state index contributed by atoms with van der Waals surface area (Å²) >= 11 is 6.02. The molecular weight excluding hydrogens is 410 g/mol. The molecule has 0 atom stereocenters. The summed E-state index contributed by atoms with van der Waals surface area (Å²) in [6.45, 7) is 0. The topological polar surface area (TPSA) is 56.1 Å². The van der Waals surface area contributed by atoms with Gasteiger partial charge in [0, 0.05) is 23.1 Å². The number of methoxy groups -OCH3 is 1. The molecule has 1 aromatic heterocycles. The Morgan fingerprint density at radius 3 is 2.39 bits per heavy atom. The molecule has 0 aliphatic carbocycles. The van der Waals surface area contributed by atoms with Gasteiger partial charge in [-0.05, 0) is 48.4 Å². The largest absolute Gasteiger partial charge is 0.497 e. The van der Waals surface area contributed by atoms with Crippen molar-refractivity contribution in [1.29, 1.82) is 0 Å². The van der Waals surface area contributed by atoms with Crippen LogP contribution in [0.4, 0.5) is 5.82 Å². The maximum Gasteiger partial charge on any atom is 0.225 e. The van der Waals surface area contributed by atoms with Crippen molar-refractivity contribution in [3.8, 4) is 22.7 Å². The summed E-state index contributed by atoms with van der Waals surface area (Å²) in [6, 6.07) is 26.8. The van der Waals surface area contributed by atoms with Gasteiger partial charge in [0.1, 0.15) is 11.6 Å². The number of halogens is 1. The lowest BCUT2D eigenvalue weighted by molar-refractivity contribution is -0.116. The SMILES string of the molecule is COc1ccc(-n2nc(-c3ccc(Cl)cc3)cc2NC(=O)CCc2ccccc2)cc1. The van der Waals surface area contributed by atoms with Crippen LogP contribution in [-0.2, 0) is 11.2 Å². The third-order valence-electron chi connectivity index (χ3n) is 4.92. The average molecular weight is 432 g/mol. The van der Waals surface area contributed by atoms with Crippen molar-refractivity contribution in [2.75, 3.05) is 12.4 Å². The van der Waals surface area contributed by atoms with Gasteiger partial charge in [-0.25, -0.2) is 4.68 Å². The predicted molar refractivity (Wildman–Crippen MR) is 124 cm³/mol. The molecule has 1 amide bonds. The van der Waals surface area contributed by atoms with E-state index in [2.05, 4.69) is 5.32 Å². The Bertz CT molecular complexity index is 1150. The van der Waals surface area contributed by atoms with Crippen LogP contribution in [-0.4, -0.2) is 22.8 Å². The Morgan fingerprint density at radius 2 is 1.71 bits per heavy atom. The number of nitrogens with zero attached hydrogens (tertiary/aromatic N) is 2. The smallest absolute Gasteiger partial charge is 0.225 e. The molecule has 0 fully saturated rings. The molecule has 1 heterocycles. The molecular formula is C25H22ClN3O2. The van der Waals surface area contributed by atoms with E-state index in [1.165, 1.54) is 0 Å². The molecule has 1 N–H and O–H groups in total. The van der Waals surface area contributed by atoms with Crippen LogP contribution in [0.25, 0.3) is 16.9 Å². The van der Waals surface area contributed by atoms with Gasteiger partial charge in [-0.15, -0.1) is 0 Å². The van der Waals surface area contributed by atoms with Crippen LogP contribution < -0.4 is 10.1 Å². The summed E-state index contributed by atoms with van der Waals surface area (Å²) in [5, 5.41) is 8.40. The second-order valence-corrected chi connectivity index (χ2v) is 7.50. The standard InChI is InChI=1S/C25H22ClN3O2/c1-31-22-14-12-21(13-15-22)29-24(17-23(28-29)19-8-10-20(26)11-9-19)27-25(30)16-7-18-5-3-2-4-6-18/h2-6,8-15,17H,7,16H2,1H3,(H,27,30). The van der Waals surface area contributed by atoms with E-state index < -0.39 is 0 Å². The van der Waals surface area contributed by atoms with Gasteiger partial charge in [-0.1, -0.05) is 54.1 Å². The van der Waals surface area contributed by atoms with Crippen LogP contribution in [0.3, 0.4) is 0 Å². The number of benzene rings is 3. The zero-order chi connectivity index (χ0) is 21.6. The molecule has 0 spiro atoms. The van der Waals surface area contributed by atoms with Crippen molar-refractivity contribution in [3.05, 3.63) is 95.5 Å². The highest BCUT2D eigenvalue weighted by atomic mass is 35.5. The van der Waals surface area contributed by atoms with Crippen LogP contribution in [0.5, 0.6) is 5.75 Å². The van der Waals surface area contributed by atoms with Gasteiger partial charge in [0.25, 0.3) is 0 Å². The first-order valence-corrected chi connectivity index (χ1v) is 10.3.